The number of rotatable bonds is 11. The fourth-order valence-corrected chi connectivity index (χ4v) is 13.0. The van der Waals surface area contributed by atoms with Crippen molar-refractivity contribution in [3.63, 3.8) is 0 Å². The summed E-state index contributed by atoms with van der Waals surface area (Å²) >= 11 is 0. The number of aliphatic hydroxyl groups excluding tert-OH is 1. The van der Waals surface area contributed by atoms with Crippen LogP contribution < -0.4 is 5.73 Å². The zero-order valence-electron chi connectivity index (χ0n) is 33.5. The number of primary amides is 1. The van der Waals surface area contributed by atoms with Crippen LogP contribution in [0.15, 0.2) is 11.1 Å². The van der Waals surface area contributed by atoms with Crippen molar-refractivity contribution < 1.29 is 34.1 Å². The second kappa shape index (κ2) is 13.2. The molecule has 0 unspecified atom stereocenters. The van der Waals surface area contributed by atoms with Gasteiger partial charge < -0.3 is 20.7 Å². The first kappa shape index (κ1) is 39.9. The molecule has 1 amide bonds. The van der Waals surface area contributed by atoms with E-state index in [0.29, 0.717) is 24.8 Å². The molecule has 0 heterocycles. The lowest BCUT2D eigenvalue weighted by molar-refractivity contribution is -0.235. The number of hydrogen-bond donors (Lipinski definition) is 3. The van der Waals surface area contributed by atoms with Crippen LogP contribution in [-0.2, 0) is 23.9 Å². The van der Waals surface area contributed by atoms with Crippen LogP contribution in [0.3, 0.4) is 0 Å². The van der Waals surface area contributed by atoms with Crippen molar-refractivity contribution in [3.05, 3.63) is 11.1 Å². The molecule has 0 aromatic carbocycles. The number of carboxylic acids is 1. The molecule has 9 nitrogen and oxygen atoms in total. The standard InChI is InChI=1S/C42H68N2O7/c1-24(2)34-27(45)20-42(30(46)22-44(25(3)4)23-32(43)47)19-18-40(10)26(35(34)42)12-13-29-39(9)16-15-31(51-33(48)21-37(5,6)36(49)50)38(7,8)28(39)14-17-41(29,40)11/h24-26,28-31,46H,12-23H2,1-11H3,(H2,43,47)(H,49,50)/t26-,28+,29-,30+,31-,39+,40-,41-,42+/m1/s1. The molecule has 4 N–H and O–H groups in total. The number of fused-ring (bicyclic) bond motifs is 7. The molecule has 51 heavy (non-hydrogen) atoms. The van der Waals surface area contributed by atoms with Crippen LogP contribution >= 0.6 is 0 Å². The van der Waals surface area contributed by atoms with Crippen molar-refractivity contribution in [2.75, 3.05) is 13.1 Å². The Morgan fingerprint density at radius 3 is 2.14 bits per heavy atom. The molecule has 0 aromatic heterocycles. The average Bonchev–Trinajstić information content (AvgIpc) is 3.31. The summed E-state index contributed by atoms with van der Waals surface area (Å²) in [5, 5.41) is 21.8. The van der Waals surface area contributed by atoms with E-state index in [4.69, 9.17) is 10.5 Å². The minimum absolute atomic E-state index is 0.0139. The zero-order chi connectivity index (χ0) is 38.3. The van der Waals surface area contributed by atoms with E-state index in [0.717, 1.165) is 56.9 Å². The van der Waals surface area contributed by atoms with Crippen molar-refractivity contribution in [3.8, 4) is 0 Å². The first-order valence-electron chi connectivity index (χ1n) is 19.8. The van der Waals surface area contributed by atoms with Crippen LogP contribution in [0.25, 0.3) is 0 Å². The van der Waals surface area contributed by atoms with Gasteiger partial charge in [-0.3, -0.25) is 24.1 Å². The van der Waals surface area contributed by atoms with E-state index in [1.165, 1.54) is 5.57 Å². The summed E-state index contributed by atoms with van der Waals surface area (Å²) in [6.07, 6.45) is 6.64. The van der Waals surface area contributed by atoms with Gasteiger partial charge in [0.2, 0.25) is 5.91 Å². The molecule has 0 spiro atoms. The third-order valence-corrected chi connectivity index (χ3v) is 16.0. The van der Waals surface area contributed by atoms with Gasteiger partial charge in [-0.05, 0) is 125 Å². The first-order chi connectivity index (χ1) is 23.4. The lowest BCUT2D eigenvalue weighted by atomic mass is 9.33. The third-order valence-electron chi connectivity index (χ3n) is 16.0. The number of aliphatic carboxylic acids is 1. The maximum absolute atomic E-state index is 14.0. The molecule has 0 aliphatic heterocycles. The summed E-state index contributed by atoms with van der Waals surface area (Å²) in [6.45, 7) is 23.8. The van der Waals surface area contributed by atoms with Gasteiger partial charge in [-0.1, -0.05) is 54.0 Å². The molecule has 5 rings (SSSR count). The molecule has 0 saturated heterocycles. The highest BCUT2D eigenvalue weighted by Gasteiger charge is 2.71. The van der Waals surface area contributed by atoms with Crippen molar-refractivity contribution in [1.29, 1.82) is 0 Å². The number of nitrogens with two attached hydrogens (primary N) is 1. The SMILES string of the molecule is CC(C)C1=C2[C@H]3CC[C@@H]4[C@@]5(C)CC[C@@H](OC(=O)CC(C)(C)C(=O)O)C(C)(C)[C@@H]5CC[C@@]4(C)[C@]3(C)CC[C@@]2([C@@H](O)CN(CC(N)=O)C(C)C)CC1=O. The Hall–Kier alpha value is -2.26. The zero-order valence-corrected chi connectivity index (χ0v) is 33.5. The Balaban J connectivity index is 1.46. The van der Waals surface area contributed by atoms with Crippen LogP contribution in [-0.4, -0.2) is 70.1 Å². The number of ketones is 1. The molecule has 0 bridgehead atoms. The lowest BCUT2D eigenvalue weighted by Gasteiger charge is -2.72. The van der Waals surface area contributed by atoms with E-state index < -0.39 is 34.8 Å². The minimum atomic E-state index is -1.18. The fourth-order valence-electron chi connectivity index (χ4n) is 13.0. The van der Waals surface area contributed by atoms with Gasteiger partial charge in [0.15, 0.2) is 5.78 Å². The summed E-state index contributed by atoms with van der Waals surface area (Å²) in [6, 6.07) is 0.0243. The molecule has 0 radical (unpaired) electrons. The van der Waals surface area contributed by atoms with E-state index >= 15 is 0 Å². The molecule has 0 aromatic rings. The summed E-state index contributed by atoms with van der Waals surface area (Å²) in [5.41, 5.74) is 5.70. The summed E-state index contributed by atoms with van der Waals surface area (Å²) in [5.74, 6) is -0.616. The first-order valence-corrected chi connectivity index (χ1v) is 19.8. The molecular formula is C42H68N2O7. The van der Waals surface area contributed by atoms with Gasteiger partial charge in [0, 0.05) is 29.8 Å². The molecule has 9 atom stereocenters. The fraction of sp³-hybridized carbons (Fsp3) is 0.857. The van der Waals surface area contributed by atoms with E-state index in [1.54, 1.807) is 13.8 Å². The Morgan fingerprint density at radius 2 is 1.57 bits per heavy atom. The van der Waals surface area contributed by atoms with Gasteiger partial charge in [-0.2, -0.15) is 0 Å². The summed E-state index contributed by atoms with van der Waals surface area (Å²) in [7, 11) is 0. The van der Waals surface area contributed by atoms with Crippen molar-refractivity contribution in [2.24, 2.45) is 61.9 Å². The topological polar surface area (TPSA) is 147 Å². The predicted octanol–water partition coefficient (Wildman–Crippen LogP) is 6.94. The van der Waals surface area contributed by atoms with E-state index in [1.807, 2.05) is 18.7 Å². The largest absolute Gasteiger partial charge is 0.481 e. The number of carboxylic acid groups (broad SMARTS) is 1. The molecule has 5 aliphatic rings. The maximum Gasteiger partial charge on any atom is 0.309 e. The van der Waals surface area contributed by atoms with Gasteiger partial charge in [-0.25, -0.2) is 0 Å². The van der Waals surface area contributed by atoms with Crippen molar-refractivity contribution in [1.82, 2.24) is 4.90 Å². The second-order valence-electron chi connectivity index (χ2n) is 20.1. The lowest BCUT2D eigenvalue weighted by Crippen LogP contribution is -2.66. The van der Waals surface area contributed by atoms with Crippen LogP contribution in [0.2, 0.25) is 0 Å². The van der Waals surface area contributed by atoms with Gasteiger partial charge >= 0.3 is 11.9 Å². The number of nitrogens with zero attached hydrogens (tertiary/aromatic N) is 1. The van der Waals surface area contributed by atoms with Crippen LogP contribution in [0.5, 0.6) is 0 Å². The Labute approximate surface area is 306 Å². The number of esters is 1. The van der Waals surface area contributed by atoms with Gasteiger partial charge in [0.1, 0.15) is 6.10 Å². The quantitative estimate of drug-likeness (QED) is 0.195. The highest BCUT2D eigenvalue weighted by molar-refractivity contribution is 6.00. The number of ether oxygens (including phenoxy) is 1. The van der Waals surface area contributed by atoms with Gasteiger partial charge in [0.05, 0.1) is 24.5 Å². The normalized spacial score (nSPS) is 38.2. The number of allylic oxidation sites excluding steroid dienone is 1. The predicted molar refractivity (Wildman–Crippen MR) is 197 cm³/mol. The van der Waals surface area contributed by atoms with Crippen LogP contribution in [0.1, 0.15) is 140 Å². The number of amides is 1. The third kappa shape index (κ3) is 6.22. The van der Waals surface area contributed by atoms with E-state index in [2.05, 4.69) is 48.5 Å². The van der Waals surface area contributed by atoms with Crippen LogP contribution in [0, 0.1) is 56.2 Å². The highest BCUT2D eigenvalue weighted by atomic mass is 16.5. The molecule has 4 fully saturated rings. The maximum atomic E-state index is 14.0. The molecular weight excluding hydrogens is 644 g/mol. The smallest absolute Gasteiger partial charge is 0.309 e. The average molecular weight is 713 g/mol. The number of carbonyl (C=O) groups is 4. The number of hydrogen-bond acceptors (Lipinski definition) is 7. The second-order valence-corrected chi connectivity index (χ2v) is 20.1. The van der Waals surface area contributed by atoms with E-state index in [9.17, 15) is 29.4 Å². The monoisotopic (exact) mass is 713 g/mol. The Bertz CT molecular complexity index is 1460. The Kier molecular flexibility index (Phi) is 10.4. The molecule has 4 saturated carbocycles. The van der Waals surface area contributed by atoms with E-state index in [-0.39, 0.29) is 64.4 Å². The minimum Gasteiger partial charge on any atom is -0.481 e. The van der Waals surface area contributed by atoms with Gasteiger partial charge in [0.25, 0.3) is 0 Å². The molecule has 288 valence electrons. The summed E-state index contributed by atoms with van der Waals surface area (Å²) < 4.78 is 6.15. The summed E-state index contributed by atoms with van der Waals surface area (Å²) in [4.78, 5) is 52.8. The number of carbonyl (C=O) groups excluding carboxylic acids is 3. The Morgan fingerprint density at radius 1 is 0.922 bits per heavy atom. The van der Waals surface area contributed by atoms with Gasteiger partial charge in [-0.15, -0.1) is 0 Å². The number of aliphatic hydroxyl groups is 1. The highest BCUT2D eigenvalue weighted by Crippen LogP contribution is 2.77. The van der Waals surface area contributed by atoms with Crippen LogP contribution in [0.4, 0.5) is 0 Å². The van der Waals surface area contributed by atoms with Crippen molar-refractivity contribution in [2.45, 2.75) is 159 Å². The molecule has 9 heteroatoms. The number of Topliss-reactive ketones (excluding diaryl/α,β-unsaturated/α-hetero) is 1. The molecule has 5 aliphatic carbocycles. The van der Waals surface area contributed by atoms with Crippen molar-refractivity contribution >= 4 is 23.6 Å².